The molecule has 0 aromatic carbocycles. The molecule has 0 bridgehead atoms. The van der Waals surface area contributed by atoms with E-state index >= 15 is 0 Å². The Bertz CT molecular complexity index is 622. The zero-order valence-corrected chi connectivity index (χ0v) is 19.6. The van der Waals surface area contributed by atoms with Crippen molar-refractivity contribution in [3.05, 3.63) is 22.4 Å². The first kappa shape index (κ1) is 22.4. The number of guanidine groups is 1. The van der Waals surface area contributed by atoms with Crippen molar-refractivity contribution in [2.24, 2.45) is 4.99 Å². The fourth-order valence-electron chi connectivity index (χ4n) is 3.50. The molecule has 2 aliphatic heterocycles. The average Bonchev–Trinajstić information content (AvgIpc) is 3.36. The SMILES string of the molecule is CN=C(NCC(C)(C)c1cccs1)N1CCN(C(=O)C2CCCO2)CC1.I. The second kappa shape index (κ2) is 10.1. The minimum atomic E-state index is -0.217. The van der Waals surface area contributed by atoms with E-state index in [2.05, 4.69) is 46.6 Å². The molecule has 3 rings (SSSR count). The van der Waals surface area contributed by atoms with Gasteiger partial charge in [-0.3, -0.25) is 9.79 Å². The molecular weight excluding hydrogens is 475 g/mol. The summed E-state index contributed by atoms with van der Waals surface area (Å²) in [4.78, 5) is 22.5. The van der Waals surface area contributed by atoms with Crippen molar-refractivity contribution < 1.29 is 9.53 Å². The summed E-state index contributed by atoms with van der Waals surface area (Å²) in [6.07, 6.45) is 1.64. The lowest BCUT2D eigenvalue weighted by Crippen LogP contribution is -2.56. The third-order valence-electron chi connectivity index (χ3n) is 5.18. The van der Waals surface area contributed by atoms with Gasteiger partial charge in [-0.1, -0.05) is 19.9 Å². The van der Waals surface area contributed by atoms with Gasteiger partial charge in [0, 0.05) is 56.7 Å². The molecule has 1 aromatic rings. The number of amides is 1. The summed E-state index contributed by atoms with van der Waals surface area (Å²) in [5.41, 5.74) is 0.0572. The molecule has 0 saturated carbocycles. The van der Waals surface area contributed by atoms with Crippen LogP contribution in [0.15, 0.2) is 22.5 Å². The Morgan fingerprint density at radius 2 is 2.04 bits per heavy atom. The van der Waals surface area contributed by atoms with Crippen molar-refractivity contribution in [3.63, 3.8) is 0 Å². The molecule has 27 heavy (non-hydrogen) atoms. The van der Waals surface area contributed by atoms with Crippen LogP contribution in [0.5, 0.6) is 0 Å². The minimum Gasteiger partial charge on any atom is -0.368 e. The number of thiophene rings is 1. The van der Waals surface area contributed by atoms with E-state index in [1.54, 1.807) is 11.3 Å². The maximum atomic E-state index is 12.5. The van der Waals surface area contributed by atoms with E-state index in [4.69, 9.17) is 4.74 Å². The number of nitrogens with one attached hydrogen (secondary N) is 1. The van der Waals surface area contributed by atoms with Gasteiger partial charge in [-0.15, -0.1) is 35.3 Å². The summed E-state index contributed by atoms with van der Waals surface area (Å²) in [7, 11) is 1.82. The molecule has 152 valence electrons. The third-order valence-corrected chi connectivity index (χ3v) is 6.42. The summed E-state index contributed by atoms with van der Waals surface area (Å²) in [6, 6.07) is 4.28. The fourth-order valence-corrected chi connectivity index (χ4v) is 4.35. The smallest absolute Gasteiger partial charge is 0.251 e. The molecule has 0 spiro atoms. The Balaban J connectivity index is 0.00000261. The average molecular weight is 506 g/mol. The molecule has 1 aromatic heterocycles. The molecule has 0 radical (unpaired) electrons. The number of aliphatic imine (C=N–C) groups is 1. The Kier molecular flexibility index (Phi) is 8.36. The van der Waals surface area contributed by atoms with Crippen molar-refractivity contribution in [2.75, 3.05) is 46.4 Å². The molecule has 2 saturated heterocycles. The normalized spacial score (nSPS) is 21.1. The van der Waals surface area contributed by atoms with Crippen LogP contribution in [-0.4, -0.2) is 74.1 Å². The van der Waals surface area contributed by atoms with Crippen LogP contribution in [0.4, 0.5) is 0 Å². The molecule has 8 heteroatoms. The van der Waals surface area contributed by atoms with Crippen molar-refractivity contribution in [1.82, 2.24) is 15.1 Å². The van der Waals surface area contributed by atoms with Gasteiger partial charge in [0.1, 0.15) is 6.10 Å². The maximum Gasteiger partial charge on any atom is 0.251 e. The van der Waals surface area contributed by atoms with Crippen LogP contribution in [0.1, 0.15) is 31.6 Å². The molecule has 1 atom stereocenters. The maximum absolute atomic E-state index is 12.5. The molecule has 0 aliphatic carbocycles. The van der Waals surface area contributed by atoms with Crippen LogP contribution in [0.3, 0.4) is 0 Å². The number of carbonyl (C=O) groups excluding carboxylic acids is 1. The first-order valence-corrected chi connectivity index (χ1v) is 10.3. The van der Waals surface area contributed by atoms with E-state index < -0.39 is 0 Å². The Hall–Kier alpha value is -0.870. The highest BCUT2D eigenvalue weighted by molar-refractivity contribution is 14.0. The number of nitrogens with zero attached hydrogens (tertiary/aromatic N) is 3. The fraction of sp³-hybridized carbons (Fsp3) is 0.684. The largest absolute Gasteiger partial charge is 0.368 e. The van der Waals surface area contributed by atoms with E-state index in [0.717, 1.165) is 51.5 Å². The lowest BCUT2D eigenvalue weighted by Gasteiger charge is -2.38. The molecule has 3 heterocycles. The third kappa shape index (κ3) is 5.57. The van der Waals surface area contributed by atoms with Crippen LogP contribution in [0.2, 0.25) is 0 Å². The number of piperazine rings is 1. The van der Waals surface area contributed by atoms with E-state index in [1.807, 2.05) is 11.9 Å². The summed E-state index contributed by atoms with van der Waals surface area (Å²) in [6.45, 7) is 9.10. The van der Waals surface area contributed by atoms with E-state index in [-0.39, 0.29) is 41.4 Å². The van der Waals surface area contributed by atoms with Gasteiger partial charge in [0.2, 0.25) is 0 Å². The standard InChI is InChI=1S/C19H30N4O2S.HI/c1-19(2,16-7-5-13-26-16)14-21-18(20-3)23-10-8-22(9-11-23)17(24)15-6-4-12-25-15;/h5,7,13,15H,4,6,8-12,14H2,1-3H3,(H,20,21);1H. The highest BCUT2D eigenvalue weighted by atomic mass is 127. The van der Waals surface area contributed by atoms with E-state index in [0.29, 0.717) is 6.61 Å². The summed E-state index contributed by atoms with van der Waals surface area (Å²) >= 11 is 1.79. The number of rotatable bonds is 4. The van der Waals surface area contributed by atoms with Gasteiger partial charge >= 0.3 is 0 Å². The molecular formula is C19H31IN4O2S. The first-order valence-electron chi connectivity index (χ1n) is 9.41. The number of ether oxygens (including phenoxy) is 1. The minimum absolute atomic E-state index is 0. The number of hydrogen-bond donors (Lipinski definition) is 1. The van der Waals surface area contributed by atoms with Crippen LogP contribution < -0.4 is 5.32 Å². The second-order valence-electron chi connectivity index (χ2n) is 7.58. The lowest BCUT2D eigenvalue weighted by molar-refractivity contribution is -0.142. The highest BCUT2D eigenvalue weighted by Crippen LogP contribution is 2.26. The number of halogens is 1. The van der Waals surface area contributed by atoms with Crippen molar-refractivity contribution in [2.45, 2.75) is 38.2 Å². The monoisotopic (exact) mass is 506 g/mol. The van der Waals surface area contributed by atoms with Crippen LogP contribution in [0, 0.1) is 0 Å². The van der Waals surface area contributed by atoms with Gasteiger partial charge in [-0.2, -0.15) is 0 Å². The quantitative estimate of drug-likeness (QED) is 0.388. The van der Waals surface area contributed by atoms with Crippen LogP contribution in [-0.2, 0) is 14.9 Å². The second-order valence-corrected chi connectivity index (χ2v) is 8.52. The number of carbonyl (C=O) groups is 1. The predicted octanol–water partition coefficient (Wildman–Crippen LogP) is 2.54. The van der Waals surface area contributed by atoms with Gasteiger partial charge in [0.05, 0.1) is 0 Å². The van der Waals surface area contributed by atoms with Gasteiger partial charge < -0.3 is 19.9 Å². The van der Waals surface area contributed by atoms with Gasteiger partial charge in [0.25, 0.3) is 5.91 Å². The highest BCUT2D eigenvalue weighted by Gasteiger charge is 2.31. The molecule has 1 unspecified atom stereocenters. The molecule has 2 aliphatic rings. The van der Waals surface area contributed by atoms with Crippen molar-refractivity contribution in [3.8, 4) is 0 Å². The van der Waals surface area contributed by atoms with E-state index in [9.17, 15) is 4.79 Å². The molecule has 2 fully saturated rings. The van der Waals surface area contributed by atoms with Crippen molar-refractivity contribution >= 4 is 47.2 Å². The zero-order valence-electron chi connectivity index (χ0n) is 16.4. The summed E-state index contributed by atoms with van der Waals surface area (Å²) in [5, 5.41) is 5.64. The van der Waals surface area contributed by atoms with Crippen LogP contribution >= 0.6 is 35.3 Å². The van der Waals surface area contributed by atoms with Crippen LogP contribution in [0.25, 0.3) is 0 Å². The van der Waals surface area contributed by atoms with Gasteiger partial charge in [-0.25, -0.2) is 0 Å². The molecule has 1 N–H and O–H groups in total. The Labute approximate surface area is 183 Å². The first-order chi connectivity index (χ1) is 12.5. The van der Waals surface area contributed by atoms with Crippen molar-refractivity contribution in [1.29, 1.82) is 0 Å². The Morgan fingerprint density at radius 1 is 1.33 bits per heavy atom. The Morgan fingerprint density at radius 3 is 2.59 bits per heavy atom. The number of hydrogen-bond acceptors (Lipinski definition) is 4. The van der Waals surface area contributed by atoms with Gasteiger partial charge in [-0.05, 0) is 24.3 Å². The molecule has 1 amide bonds. The molecule has 6 nitrogen and oxygen atoms in total. The lowest BCUT2D eigenvalue weighted by atomic mass is 9.91. The summed E-state index contributed by atoms with van der Waals surface area (Å²) < 4.78 is 5.53. The topological polar surface area (TPSA) is 57.2 Å². The van der Waals surface area contributed by atoms with E-state index in [1.165, 1.54) is 4.88 Å². The summed E-state index contributed by atoms with van der Waals surface area (Å²) in [5.74, 6) is 1.07. The zero-order chi connectivity index (χ0) is 18.6. The predicted molar refractivity (Wildman–Crippen MR) is 121 cm³/mol. The van der Waals surface area contributed by atoms with Gasteiger partial charge in [0.15, 0.2) is 5.96 Å².